The number of nitrogens with zero attached hydrogens (tertiary/aromatic N) is 1. The molecule has 0 radical (unpaired) electrons. The van der Waals surface area contributed by atoms with Crippen LogP contribution in [-0.4, -0.2) is 16.8 Å². The van der Waals surface area contributed by atoms with Crippen LogP contribution in [0.3, 0.4) is 0 Å². The fraction of sp³-hybridized carbons (Fsp3) is 0.417. The van der Waals surface area contributed by atoms with Gasteiger partial charge in [0.25, 0.3) is 0 Å². The highest BCUT2D eigenvalue weighted by atomic mass is 16.3. The number of fused-ring (bicyclic) bond motifs is 1. The minimum Gasteiger partial charge on any atom is -0.508 e. The number of aliphatic hydroxyl groups excluding tert-OH is 1. The van der Waals surface area contributed by atoms with Crippen molar-refractivity contribution in [2.45, 2.75) is 24.7 Å². The van der Waals surface area contributed by atoms with E-state index >= 15 is 0 Å². The van der Waals surface area contributed by atoms with E-state index in [-0.39, 0.29) is 12.4 Å². The van der Waals surface area contributed by atoms with Crippen LogP contribution in [0, 0.1) is 11.3 Å². The summed E-state index contributed by atoms with van der Waals surface area (Å²) in [5, 5.41) is 27.2. The first kappa shape index (κ1) is 10.0. The van der Waals surface area contributed by atoms with Crippen LogP contribution >= 0.6 is 0 Å². The summed E-state index contributed by atoms with van der Waals surface area (Å²) in [7, 11) is 0. The average Bonchev–Trinajstić information content (AvgIpc) is 2.21. The Bertz CT molecular complexity index is 422. The van der Waals surface area contributed by atoms with Crippen molar-refractivity contribution in [2.24, 2.45) is 0 Å². The van der Waals surface area contributed by atoms with Crippen molar-refractivity contribution in [1.82, 2.24) is 0 Å². The van der Waals surface area contributed by atoms with Crippen molar-refractivity contribution in [2.75, 3.05) is 6.61 Å². The second-order valence-corrected chi connectivity index (χ2v) is 4.04. The smallest absolute Gasteiger partial charge is 0.115 e. The molecule has 0 amide bonds. The van der Waals surface area contributed by atoms with Crippen molar-refractivity contribution in [3.05, 3.63) is 29.3 Å². The van der Waals surface area contributed by atoms with Crippen LogP contribution in [0.2, 0.25) is 0 Å². The molecule has 1 atom stereocenters. The first-order chi connectivity index (χ1) is 7.22. The molecule has 0 spiro atoms. The van der Waals surface area contributed by atoms with E-state index in [0.717, 1.165) is 11.1 Å². The van der Waals surface area contributed by atoms with Crippen molar-refractivity contribution in [3.63, 3.8) is 0 Å². The fourth-order valence-corrected chi connectivity index (χ4v) is 2.27. The second kappa shape index (κ2) is 3.56. The quantitative estimate of drug-likeness (QED) is 0.782. The van der Waals surface area contributed by atoms with E-state index in [0.29, 0.717) is 19.3 Å². The molecule has 1 aliphatic carbocycles. The zero-order valence-electron chi connectivity index (χ0n) is 8.40. The van der Waals surface area contributed by atoms with Gasteiger partial charge < -0.3 is 10.2 Å². The summed E-state index contributed by atoms with van der Waals surface area (Å²) in [5.74, 6) is 0.252. The van der Waals surface area contributed by atoms with Crippen molar-refractivity contribution in [1.29, 1.82) is 5.26 Å². The number of aromatic hydroxyl groups is 1. The lowest BCUT2D eigenvalue weighted by molar-refractivity contribution is 0.266. The molecule has 2 rings (SSSR count). The van der Waals surface area contributed by atoms with Gasteiger partial charge >= 0.3 is 0 Å². The van der Waals surface area contributed by atoms with Crippen LogP contribution in [0.4, 0.5) is 0 Å². The molecule has 2 N–H and O–H groups in total. The molecule has 1 unspecified atom stereocenters. The van der Waals surface area contributed by atoms with Crippen molar-refractivity contribution < 1.29 is 10.2 Å². The van der Waals surface area contributed by atoms with Gasteiger partial charge in [-0.3, -0.25) is 0 Å². The van der Waals surface area contributed by atoms with Gasteiger partial charge in [-0.1, -0.05) is 6.07 Å². The van der Waals surface area contributed by atoms with Gasteiger partial charge in [0, 0.05) is 6.61 Å². The zero-order chi connectivity index (χ0) is 10.9. The maximum absolute atomic E-state index is 9.27. The predicted molar refractivity (Wildman–Crippen MR) is 55.4 cm³/mol. The summed E-state index contributed by atoms with van der Waals surface area (Å²) in [6.45, 7) is 0.122. The number of hydrogen-bond acceptors (Lipinski definition) is 3. The Morgan fingerprint density at radius 3 is 2.87 bits per heavy atom. The standard InChI is InChI=1S/C12H13NO2/c13-8-12(4-1-5-14)7-9-6-10(15)2-3-11(9)12/h2-3,6,14-15H,1,4-5,7H2. The maximum atomic E-state index is 9.27. The maximum Gasteiger partial charge on any atom is 0.115 e. The van der Waals surface area contributed by atoms with E-state index in [9.17, 15) is 10.4 Å². The van der Waals surface area contributed by atoms with Crippen LogP contribution in [0.15, 0.2) is 18.2 Å². The highest BCUT2D eigenvalue weighted by molar-refractivity contribution is 5.52. The predicted octanol–water partition coefficient (Wildman–Crippen LogP) is 1.48. The number of aliphatic hydroxyl groups is 1. The topological polar surface area (TPSA) is 64.2 Å². The first-order valence-electron chi connectivity index (χ1n) is 5.06. The minimum absolute atomic E-state index is 0.122. The van der Waals surface area contributed by atoms with Crippen LogP contribution < -0.4 is 0 Å². The molecule has 78 valence electrons. The number of phenolic OH excluding ortho intramolecular Hbond substituents is 1. The molecule has 1 aromatic carbocycles. The molecular weight excluding hydrogens is 190 g/mol. The minimum atomic E-state index is -0.425. The second-order valence-electron chi connectivity index (χ2n) is 4.04. The Hall–Kier alpha value is -1.53. The molecule has 0 saturated carbocycles. The van der Waals surface area contributed by atoms with Gasteiger partial charge in [0.05, 0.1) is 11.5 Å². The molecule has 3 heteroatoms. The van der Waals surface area contributed by atoms with Gasteiger partial charge in [-0.05, 0) is 42.5 Å². The van der Waals surface area contributed by atoms with Crippen LogP contribution in [-0.2, 0) is 11.8 Å². The highest BCUT2D eigenvalue weighted by Gasteiger charge is 2.42. The Labute approximate surface area is 88.6 Å². The van der Waals surface area contributed by atoms with E-state index in [1.807, 2.05) is 6.07 Å². The molecular formula is C12H13NO2. The SMILES string of the molecule is N#CC1(CCCO)Cc2cc(O)ccc21. The Balaban J connectivity index is 2.27. The molecule has 15 heavy (non-hydrogen) atoms. The lowest BCUT2D eigenvalue weighted by Crippen LogP contribution is -2.37. The lowest BCUT2D eigenvalue weighted by atomic mass is 9.62. The molecule has 0 saturated heterocycles. The molecule has 1 aliphatic rings. The van der Waals surface area contributed by atoms with Gasteiger partial charge in [0.15, 0.2) is 0 Å². The third-order valence-corrected chi connectivity index (χ3v) is 3.07. The van der Waals surface area contributed by atoms with Gasteiger partial charge in [-0.2, -0.15) is 5.26 Å². The molecule has 0 fully saturated rings. The summed E-state index contributed by atoms with van der Waals surface area (Å²) in [6, 6.07) is 7.47. The molecule has 0 bridgehead atoms. The third kappa shape index (κ3) is 1.47. The van der Waals surface area contributed by atoms with E-state index in [1.165, 1.54) is 0 Å². The van der Waals surface area contributed by atoms with Crippen LogP contribution in [0.1, 0.15) is 24.0 Å². The summed E-state index contributed by atoms with van der Waals surface area (Å²) in [6.07, 6.45) is 2.03. The molecule has 0 aromatic heterocycles. The van der Waals surface area contributed by atoms with Gasteiger partial charge in [0.1, 0.15) is 5.75 Å². The van der Waals surface area contributed by atoms with E-state index in [1.54, 1.807) is 12.1 Å². The molecule has 0 aliphatic heterocycles. The van der Waals surface area contributed by atoms with Crippen LogP contribution in [0.5, 0.6) is 5.75 Å². The number of hydrogen-bond donors (Lipinski definition) is 2. The summed E-state index contributed by atoms with van der Waals surface area (Å²) < 4.78 is 0. The molecule has 0 heterocycles. The zero-order valence-corrected chi connectivity index (χ0v) is 8.40. The van der Waals surface area contributed by atoms with E-state index < -0.39 is 5.41 Å². The normalized spacial score (nSPS) is 22.7. The molecule has 1 aromatic rings. The third-order valence-electron chi connectivity index (χ3n) is 3.07. The molecule has 3 nitrogen and oxygen atoms in total. The van der Waals surface area contributed by atoms with Crippen molar-refractivity contribution >= 4 is 0 Å². The Morgan fingerprint density at radius 1 is 1.47 bits per heavy atom. The monoisotopic (exact) mass is 203 g/mol. The van der Waals surface area contributed by atoms with Gasteiger partial charge in [-0.25, -0.2) is 0 Å². The number of phenols is 1. The van der Waals surface area contributed by atoms with Crippen molar-refractivity contribution in [3.8, 4) is 11.8 Å². The fourth-order valence-electron chi connectivity index (χ4n) is 2.27. The highest BCUT2D eigenvalue weighted by Crippen LogP contribution is 2.45. The Morgan fingerprint density at radius 2 is 2.27 bits per heavy atom. The summed E-state index contributed by atoms with van der Waals surface area (Å²) in [5.41, 5.74) is 1.64. The number of benzene rings is 1. The number of nitriles is 1. The van der Waals surface area contributed by atoms with E-state index in [2.05, 4.69) is 6.07 Å². The summed E-state index contributed by atoms with van der Waals surface area (Å²) >= 11 is 0. The van der Waals surface area contributed by atoms with E-state index in [4.69, 9.17) is 5.11 Å². The first-order valence-corrected chi connectivity index (χ1v) is 5.06. The number of rotatable bonds is 3. The largest absolute Gasteiger partial charge is 0.508 e. The average molecular weight is 203 g/mol. The van der Waals surface area contributed by atoms with Crippen LogP contribution in [0.25, 0.3) is 0 Å². The van der Waals surface area contributed by atoms with Gasteiger partial charge in [-0.15, -0.1) is 0 Å². The van der Waals surface area contributed by atoms with Gasteiger partial charge in [0.2, 0.25) is 0 Å². The Kier molecular flexibility index (Phi) is 2.37. The summed E-state index contributed by atoms with van der Waals surface area (Å²) in [4.78, 5) is 0. The lowest BCUT2D eigenvalue weighted by Gasteiger charge is -2.38.